The van der Waals surface area contributed by atoms with Crippen LogP contribution in [0.3, 0.4) is 0 Å². The fourth-order valence-corrected chi connectivity index (χ4v) is 2.08. The van der Waals surface area contributed by atoms with Crippen LogP contribution in [0.1, 0.15) is 11.7 Å². The molecule has 116 valence electrons. The monoisotopic (exact) mass is 311 g/mol. The molecule has 2 aromatic carbocycles. The van der Waals surface area contributed by atoms with Gasteiger partial charge in [-0.3, -0.25) is 4.79 Å². The number of esters is 1. The molecule has 3 rings (SSSR count). The van der Waals surface area contributed by atoms with Crippen LogP contribution in [-0.4, -0.2) is 26.1 Å². The smallest absolute Gasteiger partial charge is 0.341 e. The van der Waals surface area contributed by atoms with Crippen LogP contribution in [0.15, 0.2) is 59.4 Å². The Balaban J connectivity index is 1.75. The van der Waals surface area contributed by atoms with Gasteiger partial charge in [0.25, 0.3) is 5.56 Å². The number of aliphatic hydroxyl groups excluding tert-OH is 1. The molecule has 0 amide bonds. The summed E-state index contributed by atoms with van der Waals surface area (Å²) in [5.74, 6) is -0.863. The fraction of sp³-hybridized carbons (Fsp3) is 0.125. The van der Waals surface area contributed by atoms with Crippen LogP contribution in [0.25, 0.3) is 10.9 Å². The molecule has 0 saturated carbocycles. The number of carbonyl (C=O) groups is 1. The first-order valence-electron chi connectivity index (χ1n) is 6.89. The van der Waals surface area contributed by atoms with Crippen molar-refractivity contribution in [3.63, 3.8) is 0 Å². The lowest BCUT2D eigenvalue weighted by Crippen LogP contribution is -2.27. The number of aromatic nitrogens is 3. The number of fused-ring (bicyclic) bond motifs is 1. The first-order chi connectivity index (χ1) is 11.2. The highest BCUT2D eigenvalue weighted by atomic mass is 16.6. The van der Waals surface area contributed by atoms with E-state index in [0.29, 0.717) is 16.5 Å². The normalized spacial score (nSPS) is 12.0. The zero-order valence-corrected chi connectivity index (χ0v) is 12.0. The summed E-state index contributed by atoms with van der Waals surface area (Å²) in [4.78, 5) is 24.0. The van der Waals surface area contributed by atoms with Crippen LogP contribution >= 0.6 is 0 Å². The van der Waals surface area contributed by atoms with Gasteiger partial charge in [-0.05, 0) is 17.7 Å². The second kappa shape index (κ2) is 6.37. The predicted molar refractivity (Wildman–Crippen MR) is 81.3 cm³/mol. The molecular formula is C16H13N3O4. The highest BCUT2D eigenvalue weighted by Crippen LogP contribution is 2.13. The number of rotatable bonds is 4. The van der Waals surface area contributed by atoms with Gasteiger partial charge in [-0.15, -0.1) is 5.10 Å². The van der Waals surface area contributed by atoms with Gasteiger partial charge in [0.05, 0.1) is 5.39 Å². The maximum absolute atomic E-state index is 12.2. The Morgan fingerprint density at radius 1 is 1.13 bits per heavy atom. The number of benzene rings is 2. The molecule has 1 N–H and O–H groups in total. The van der Waals surface area contributed by atoms with Crippen molar-refractivity contribution in [2.75, 3.05) is 0 Å². The van der Waals surface area contributed by atoms with Gasteiger partial charge in [0.15, 0.2) is 12.8 Å². The highest BCUT2D eigenvalue weighted by Gasteiger charge is 2.19. The Labute approximate surface area is 130 Å². The van der Waals surface area contributed by atoms with E-state index in [-0.39, 0.29) is 0 Å². The zero-order chi connectivity index (χ0) is 16.2. The van der Waals surface area contributed by atoms with Crippen molar-refractivity contribution in [2.45, 2.75) is 12.8 Å². The van der Waals surface area contributed by atoms with E-state index in [1.54, 1.807) is 54.6 Å². The van der Waals surface area contributed by atoms with E-state index >= 15 is 0 Å². The van der Waals surface area contributed by atoms with E-state index in [1.807, 2.05) is 0 Å². The minimum absolute atomic E-state index is 0.377. The van der Waals surface area contributed by atoms with Gasteiger partial charge in [-0.25, -0.2) is 4.79 Å². The van der Waals surface area contributed by atoms with Crippen LogP contribution < -0.4 is 5.56 Å². The summed E-state index contributed by atoms with van der Waals surface area (Å²) >= 11 is 0. The van der Waals surface area contributed by atoms with Crippen molar-refractivity contribution in [1.29, 1.82) is 0 Å². The topological polar surface area (TPSA) is 94.3 Å². The van der Waals surface area contributed by atoms with E-state index in [0.717, 1.165) is 4.68 Å². The molecule has 0 aliphatic carbocycles. The SMILES string of the molecule is O=C(OCn1nnc2ccccc2c1=O)C(O)c1ccccc1. The molecule has 3 aromatic rings. The highest BCUT2D eigenvalue weighted by molar-refractivity contribution is 5.77. The van der Waals surface area contributed by atoms with Gasteiger partial charge in [-0.2, -0.15) is 4.68 Å². The van der Waals surface area contributed by atoms with Crippen LogP contribution in [0.2, 0.25) is 0 Å². The summed E-state index contributed by atoms with van der Waals surface area (Å²) in [6.07, 6.45) is -1.42. The number of hydrogen-bond donors (Lipinski definition) is 1. The number of carbonyl (C=O) groups excluding carboxylic acids is 1. The predicted octanol–water partition coefficient (Wildman–Crippen LogP) is 1.03. The Bertz CT molecular complexity index is 892. The summed E-state index contributed by atoms with van der Waals surface area (Å²) in [6.45, 7) is -0.417. The zero-order valence-electron chi connectivity index (χ0n) is 12.0. The first kappa shape index (κ1) is 14.9. The Hall–Kier alpha value is -3.06. The Morgan fingerprint density at radius 2 is 1.83 bits per heavy atom. The van der Waals surface area contributed by atoms with Crippen LogP contribution in [0.5, 0.6) is 0 Å². The first-order valence-corrected chi connectivity index (χ1v) is 6.89. The molecule has 7 nitrogen and oxygen atoms in total. The van der Waals surface area contributed by atoms with Crippen molar-refractivity contribution in [1.82, 2.24) is 15.0 Å². The van der Waals surface area contributed by atoms with E-state index < -0.39 is 24.4 Å². The molecule has 7 heteroatoms. The third-order valence-electron chi connectivity index (χ3n) is 3.30. The van der Waals surface area contributed by atoms with E-state index in [1.165, 1.54) is 0 Å². The van der Waals surface area contributed by atoms with E-state index in [4.69, 9.17) is 4.74 Å². The van der Waals surface area contributed by atoms with Gasteiger partial charge in [0.1, 0.15) is 5.52 Å². The van der Waals surface area contributed by atoms with Crippen molar-refractivity contribution in [3.8, 4) is 0 Å². The summed E-state index contributed by atoms with van der Waals surface area (Å²) in [5, 5.41) is 17.9. The molecule has 0 fully saturated rings. The average molecular weight is 311 g/mol. The Kier molecular flexibility index (Phi) is 4.11. The molecule has 1 unspecified atom stereocenters. The van der Waals surface area contributed by atoms with E-state index in [9.17, 15) is 14.7 Å². The average Bonchev–Trinajstić information content (AvgIpc) is 2.61. The largest absolute Gasteiger partial charge is 0.440 e. The molecule has 0 radical (unpaired) electrons. The van der Waals surface area contributed by atoms with Crippen LogP contribution in [0.4, 0.5) is 0 Å². The number of nitrogens with zero attached hydrogens (tertiary/aromatic N) is 3. The second-order valence-corrected chi connectivity index (χ2v) is 4.82. The summed E-state index contributed by atoms with van der Waals surface area (Å²) in [7, 11) is 0. The Morgan fingerprint density at radius 3 is 2.61 bits per heavy atom. The van der Waals surface area contributed by atoms with Crippen molar-refractivity contribution in [2.24, 2.45) is 0 Å². The summed E-state index contributed by atoms with van der Waals surface area (Å²) in [5.41, 5.74) is 0.455. The molecule has 1 aromatic heterocycles. The van der Waals surface area contributed by atoms with Gasteiger partial charge in [0, 0.05) is 0 Å². The van der Waals surface area contributed by atoms with Gasteiger partial charge in [-0.1, -0.05) is 47.7 Å². The minimum atomic E-state index is -1.42. The van der Waals surface area contributed by atoms with Gasteiger partial charge in [0.2, 0.25) is 0 Å². The molecule has 23 heavy (non-hydrogen) atoms. The fourth-order valence-electron chi connectivity index (χ4n) is 2.08. The molecular weight excluding hydrogens is 298 g/mol. The number of aliphatic hydroxyl groups is 1. The third kappa shape index (κ3) is 3.09. The minimum Gasteiger partial charge on any atom is -0.440 e. The maximum Gasteiger partial charge on any atom is 0.341 e. The van der Waals surface area contributed by atoms with E-state index in [2.05, 4.69) is 10.3 Å². The van der Waals surface area contributed by atoms with Crippen LogP contribution in [0, 0.1) is 0 Å². The lowest BCUT2D eigenvalue weighted by molar-refractivity contribution is -0.158. The lowest BCUT2D eigenvalue weighted by atomic mass is 10.1. The third-order valence-corrected chi connectivity index (χ3v) is 3.30. The van der Waals surface area contributed by atoms with Gasteiger partial charge >= 0.3 is 5.97 Å². The molecule has 0 spiro atoms. The quantitative estimate of drug-likeness (QED) is 0.723. The van der Waals surface area contributed by atoms with Crippen LogP contribution in [-0.2, 0) is 16.3 Å². The molecule has 1 heterocycles. The van der Waals surface area contributed by atoms with Crippen molar-refractivity contribution in [3.05, 3.63) is 70.5 Å². The standard InChI is InChI=1S/C16H13N3O4/c20-14(11-6-2-1-3-7-11)16(22)23-10-19-15(21)12-8-4-5-9-13(12)17-18-19/h1-9,14,20H,10H2. The molecule has 1 atom stereocenters. The molecule has 0 saturated heterocycles. The number of hydrogen-bond acceptors (Lipinski definition) is 6. The number of ether oxygens (including phenoxy) is 1. The molecule has 0 aliphatic rings. The molecule has 0 aliphatic heterocycles. The summed E-state index contributed by atoms with van der Waals surface area (Å²) in [6, 6.07) is 15.1. The lowest BCUT2D eigenvalue weighted by Gasteiger charge is -2.11. The maximum atomic E-state index is 12.2. The summed E-state index contributed by atoms with van der Waals surface area (Å²) < 4.78 is 5.87. The van der Waals surface area contributed by atoms with Gasteiger partial charge < -0.3 is 9.84 Å². The van der Waals surface area contributed by atoms with Crippen molar-refractivity contribution >= 4 is 16.9 Å². The molecule has 0 bridgehead atoms. The van der Waals surface area contributed by atoms with Crippen molar-refractivity contribution < 1.29 is 14.6 Å². The second-order valence-electron chi connectivity index (χ2n) is 4.82.